The highest BCUT2D eigenvalue weighted by atomic mass is 35.5. The number of nitrogens with two attached hydrogens (primary N) is 2. The number of phenolic OH excluding ortho intramolecular Hbond substituents is 2. The van der Waals surface area contributed by atoms with E-state index in [1.54, 1.807) is 12.1 Å². The number of benzene rings is 1. The second-order valence-electron chi connectivity index (χ2n) is 2.48. The molecule has 0 amide bonds. The lowest BCUT2D eigenvalue weighted by Gasteiger charge is -1.98. The van der Waals surface area contributed by atoms with Crippen LogP contribution in [0.4, 0.5) is 0 Å². The minimum atomic E-state index is -0.262. The molecule has 0 saturated heterocycles. The van der Waals surface area contributed by atoms with Crippen molar-refractivity contribution in [2.24, 2.45) is 21.7 Å². The molecule has 0 spiro atoms. The third-order valence-corrected chi connectivity index (χ3v) is 1.42. The van der Waals surface area contributed by atoms with Gasteiger partial charge in [-0.25, -0.2) is 0 Å². The van der Waals surface area contributed by atoms with Gasteiger partial charge in [-0.3, -0.25) is 0 Å². The molecule has 6 nitrogen and oxygen atoms in total. The van der Waals surface area contributed by atoms with Gasteiger partial charge in [0.25, 0.3) is 0 Å². The normalized spacial score (nSPS) is 9.60. The van der Waals surface area contributed by atoms with Crippen molar-refractivity contribution >= 4 is 24.6 Å². The largest absolute Gasteiger partial charge is 0.504 e. The van der Waals surface area contributed by atoms with Gasteiger partial charge in [0.05, 0.1) is 6.21 Å². The Balaban J connectivity index is 0.00000196. The third-order valence-electron chi connectivity index (χ3n) is 1.42. The van der Waals surface area contributed by atoms with Crippen LogP contribution in [0.1, 0.15) is 5.56 Å². The van der Waals surface area contributed by atoms with Crippen LogP contribution in [0.3, 0.4) is 0 Å². The number of nitrogens with zero attached hydrogens (tertiary/aromatic N) is 2. The van der Waals surface area contributed by atoms with Gasteiger partial charge in [0.1, 0.15) is 0 Å². The molecule has 0 bridgehead atoms. The zero-order valence-corrected chi connectivity index (χ0v) is 8.48. The van der Waals surface area contributed by atoms with Crippen molar-refractivity contribution < 1.29 is 10.2 Å². The molecule has 82 valence electrons. The molecule has 1 rings (SSSR count). The smallest absolute Gasteiger partial charge is 0.211 e. The molecule has 6 N–H and O–H groups in total. The average Bonchev–Trinajstić information content (AvgIpc) is 2.12. The van der Waals surface area contributed by atoms with Gasteiger partial charge in [0, 0.05) is 5.56 Å². The summed E-state index contributed by atoms with van der Waals surface area (Å²) in [5.41, 5.74) is 10.4. The Morgan fingerprint density at radius 2 is 1.93 bits per heavy atom. The summed E-state index contributed by atoms with van der Waals surface area (Å²) in [6.07, 6.45) is 1.23. The Labute approximate surface area is 92.3 Å². The molecule has 0 unspecified atom stereocenters. The molecule has 0 heterocycles. The van der Waals surface area contributed by atoms with E-state index in [0.717, 1.165) is 0 Å². The van der Waals surface area contributed by atoms with Gasteiger partial charge >= 0.3 is 0 Å². The SMILES string of the molecule is Cl.NC(N)=NN=Cc1cccc(O)c1O. The predicted molar refractivity (Wildman–Crippen MR) is 60.4 cm³/mol. The molecule has 0 aliphatic rings. The first-order chi connectivity index (χ1) is 6.61. The molecular formula is C8H11ClN4O2. The van der Waals surface area contributed by atoms with E-state index >= 15 is 0 Å². The van der Waals surface area contributed by atoms with Crippen molar-refractivity contribution in [3.05, 3.63) is 23.8 Å². The van der Waals surface area contributed by atoms with Crippen LogP contribution >= 0.6 is 12.4 Å². The number of hydrogen-bond acceptors (Lipinski definition) is 4. The molecule has 0 aliphatic heterocycles. The van der Waals surface area contributed by atoms with Crippen LogP contribution in [0.5, 0.6) is 11.5 Å². The maximum Gasteiger partial charge on any atom is 0.211 e. The molecule has 0 atom stereocenters. The van der Waals surface area contributed by atoms with E-state index in [-0.39, 0.29) is 29.9 Å². The van der Waals surface area contributed by atoms with Gasteiger partial charge in [-0.1, -0.05) is 6.07 Å². The van der Waals surface area contributed by atoms with E-state index in [0.29, 0.717) is 5.56 Å². The van der Waals surface area contributed by atoms with Crippen molar-refractivity contribution in [2.75, 3.05) is 0 Å². The molecule has 1 aromatic rings. The fourth-order valence-corrected chi connectivity index (χ4v) is 0.811. The van der Waals surface area contributed by atoms with E-state index < -0.39 is 0 Å². The summed E-state index contributed by atoms with van der Waals surface area (Å²) in [6, 6.07) is 4.47. The summed E-state index contributed by atoms with van der Waals surface area (Å²) < 4.78 is 0. The van der Waals surface area contributed by atoms with Crippen molar-refractivity contribution in [2.45, 2.75) is 0 Å². The molecule has 0 aromatic heterocycles. The molecule has 1 aromatic carbocycles. The number of para-hydroxylation sites is 1. The van der Waals surface area contributed by atoms with Gasteiger partial charge in [-0.2, -0.15) is 5.10 Å². The Hall–Kier alpha value is -1.95. The van der Waals surface area contributed by atoms with Crippen LogP contribution in [-0.4, -0.2) is 22.4 Å². The van der Waals surface area contributed by atoms with Crippen molar-refractivity contribution in [1.29, 1.82) is 0 Å². The van der Waals surface area contributed by atoms with Crippen LogP contribution in [-0.2, 0) is 0 Å². The molecule has 0 fully saturated rings. The summed E-state index contributed by atoms with van der Waals surface area (Å²) in [6.45, 7) is 0. The van der Waals surface area contributed by atoms with E-state index in [1.165, 1.54) is 12.3 Å². The first-order valence-electron chi connectivity index (χ1n) is 3.74. The van der Waals surface area contributed by atoms with Gasteiger partial charge in [-0.05, 0) is 12.1 Å². The predicted octanol–water partition coefficient (Wildman–Crippen LogP) is 0.127. The highest BCUT2D eigenvalue weighted by Gasteiger charge is 2.01. The number of phenols is 2. The topological polar surface area (TPSA) is 117 Å². The lowest BCUT2D eigenvalue weighted by molar-refractivity contribution is 0.403. The van der Waals surface area contributed by atoms with Crippen LogP contribution in [0.25, 0.3) is 0 Å². The van der Waals surface area contributed by atoms with E-state index in [4.69, 9.17) is 16.6 Å². The van der Waals surface area contributed by atoms with E-state index in [1.807, 2.05) is 0 Å². The fraction of sp³-hybridized carbons (Fsp3) is 0. The highest BCUT2D eigenvalue weighted by molar-refractivity contribution is 5.85. The Kier molecular flexibility index (Phi) is 4.97. The van der Waals surface area contributed by atoms with Gasteiger partial charge in [-0.15, -0.1) is 17.5 Å². The van der Waals surface area contributed by atoms with Crippen molar-refractivity contribution in [3.8, 4) is 11.5 Å². The molecule has 0 saturated carbocycles. The summed E-state index contributed by atoms with van der Waals surface area (Å²) in [7, 11) is 0. The zero-order chi connectivity index (χ0) is 10.6. The minimum absolute atomic E-state index is 0. The molecule has 0 aliphatic carbocycles. The summed E-state index contributed by atoms with van der Waals surface area (Å²) in [5.74, 6) is -0.665. The Bertz CT molecular complexity index is 388. The number of guanidine groups is 1. The van der Waals surface area contributed by atoms with Crippen molar-refractivity contribution in [1.82, 2.24) is 0 Å². The third kappa shape index (κ3) is 3.74. The van der Waals surface area contributed by atoms with E-state index in [2.05, 4.69) is 10.2 Å². The number of rotatable bonds is 2. The molecular weight excluding hydrogens is 220 g/mol. The first kappa shape index (κ1) is 13.1. The lowest BCUT2D eigenvalue weighted by Crippen LogP contribution is -2.21. The second-order valence-corrected chi connectivity index (χ2v) is 2.48. The van der Waals surface area contributed by atoms with Gasteiger partial charge < -0.3 is 21.7 Å². The zero-order valence-electron chi connectivity index (χ0n) is 7.66. The standard InChI is InChI=1S/C8H10N4O2.ClH/c9-8(10)12-11-4-5-2-1-3-6(13)7(5)14;/h1-4,13-14H,(H4,9,10,12);1H. The number of hydrogen-bond donors (Lipinski definition) is 4. The lowest BCUT2D eigenvalue weighted by atomic mass is 10.2. The molecule has 0 radical (unpaired) electrons. The van der Waals surface area contributed by atoms with Crippen LogP contribution in [0, 0.1) is 0 Å². The number of aromatic hydroxyl groups is 2. The summed E-state index contributed by atoms with van der Waals surface area (Å²) in [4.78, 5) is 0. The summed E-state index contributed by atoms with van der Waals surface area (Å²) in [5, 5.41) is 25.2. The van der Waals surface area contributed by atoms with E-state index in [9.17, 15) is 5.11 Å². The van der Waals surface area contributed by atoms with Gasteiger partial charge in [0.2, 0.25) is 5.96 Å². The van der Waals surface area contributed by atoms with Crippen LogP contribution in [0.2, 0.25) is 0 Å². The summed E-state index contributed by atoms with van der Waals surface area (Å²) >= 11 is 0. The van der Waals surface area contributed by atoms with Crippen LogP contribution in [0.15, 0.2) is 28.4 Å². The Morgan fingerprint density at radius 3 is 2.53 bits per heavy atom. The monoisotopic (exact) mass is 230 g/mol. The molecule has 15 heavy (non-hydrogen) atoms. The maximum atomic E-state index is 9.31. The second kappa shape index (κ2) is 5.71. The quantitative estimate of drug-likeness (QED) is 0.250. The molecule has 7 heteroatoms. The average molecular weight is 231 g/mol. The minimum Gasteiger partial charge on any atom is -0.504 e. The maximum absolute atomic E-state index is 9.31. The number of halogens is 1. The van der Waals surface area contributed by atoms with Crippen LogP contribution < -0.4 is 11.5 Å². The van der Waals surface area contributed by atoms with Gasteiger partial charge in [0.15, 0.2) is 11.5 Å². The highest BCUT2D eigenvalue weighted by Crippen LogP contribution is 2.26. The van der Waals surface area contributed by atoms with Crippen molar-refractivity contribution in [3.63, 3.8) is 0 Å². The Morgan fingerprint density at radius 1 is 1.27 bits per heavy atom. The first-order valence-corrected chi connectivity index (χ1v) is 3.74. The fourth-order valence-electron chi connectivity index (χ4n) is 0.811.